The first-order valence-electron chi connectivity index (χ1n) is 7.89. The maximum Gasteiger partial charge on any atom is 0.226 e. The van der Waals surface area contributed by atoms with E-state index >= 15 is 0 Å². The lowest BCUT2D eigenvalue weighted by Crippen LogP contribution is -2.25. The van der Waals surface area contributed by atoms with Gasteiger partial charge in [-0.15, -0.1) is 11.3 Å². The first-order valence-corrected chi connectivity index (χ1v) is 8.71. The van der Waals surface area contributed by atoms with E-state index in [4.69, 9.17) is 0 Å². The van der Waals surface area contributed by atoms with Gasteiger partial charge >= 0.3 is 0 Å². The molecule has 4 nitrogen and oxygen atoms in total. The lowest BCUT2D eigenvalue weighted by molar-refractivity contribution is 0.510. The number of anilines is 2. The molecule has 1 unspecified atom stereocenters. The van der Waals surface area contributed by atoms with Gasteiger partial charge in [-0.1, -0.05) is 27.7 Å². The number of aryl methyl sites for hydroxylation is 1. The summed E-state index contributed by atoms with van der Waals surface area (Å²) in [6.45, 7) is 11.8. The maximum absolute atomic E-state index is 4.68. The fourth-order valence-electron chi connectivity index (χ4n) is 2.41. The van der Waals surface area contributed by atoms with Crippen molar-refractivity contribution in [2.24, 2.45) is 5.92 Å². The van der Waals surface area contributed by atoms with E-state index in [9.17, 15) is 0 Å². The summed E-state index contributed by atoms with van der Waals surface area (Å²) in [5, 5.41) is 8.01. The van der Waals surface area contributed by atoms with Crippen LogP contribution in [-0.2, 0) is 6.42 Å². The second-order valence-corrected chi connectivity index (χ2v) is 6.73. The average molecular weight is 306 g/mol. The third-order valence-corrected chi connectivity index (χ3v) is 4.87. The lowest BCUT2D eigenvalue weighted by atomic mass is 10.0. The SMILES string of the molecule is CCNc1nc(NC(CC)C(C)C)c2cc(CC)sc2n1. The van der Waals surface area contributed by atoms with Crippen molar-refractivity contribution >= 4 is 33.3 Å². The highest BCUT2D eigenvalue weighted by molar-refractivity contribution is 7.18. The number of nitrogens with zero attached hydrogens (tertiary/aromatic N) is 2. The molecule has 2 aromatic heterocycles. The fraction of sp³-hybridized carbons (Fsp3) is 0.625. The predicted octanol–water partition coefficient (Wildman–Crippen LogP) is 4.53. The Bertz CT molecular complexity index is 591. The minimum atomic E-state index is 0.433. The molecule has 0 aromatic carbocycles. The Morgan fingerprint density at radius 2 is 1.95 bits per heavy atom. The molecule has 2 aromatic rings. The number of hydrogen-bond donors (Lipinski definition) is 2. The van der Waals surface area contributed by atoms with Gasteiger partial charge in [0, 0.05) is 17.5 Å². The molecule has 0 bridgehead atoms. The van der Waals surface area contributed by atoms with Crippen molar-refractivity contribution in [3.63, 3.8) is 0 Å². The number of fused-ring (bicyclic) bond motifs is 1. The van der Waals surface area contributed by atoms with E-state index in [1.165, 1.54) is 4.88 Å². The largest absolute Gasteiger partial charge is 0.366 e. The zero-order chi connectivity index (χ0) is 15.4. The van der Waals surface area contributed by atoms with Gasteiger partial charge in [-0.3, -0.25) is 0 Å². The Morgan fingerprint density at radius 1 is 1.19 bits per heavy atom. The molecule has 21 heavy (non-hydrogen) atoms. The molecule has 0 fully saturated rings. The zero-order valence-electron chi connectivity index (χ0n) is 13.7. The maximum atomic E-state index is 4.68. The molecule has 0 saturated carbocycles. The number of nitrogens with one attached hydrogen (secondary N) is 2. The van der Waals surface area contributed by atoms with Gasteiger partial charge in [0.15, 0.2) is 0 Å². The molecular formula is C16H26N4S. The highest BCUT2D eigenvalue weighted by atomic mass is 32.1. The summed E-state index contributed by atoms with van der Waals surface area (Å²) in [5.41, 5.74) is 0. The average Bonchev–Trinajstić information content (AvgIpc) is 2.87. The van der Waals surface area contributed by atoms with Crippen LogP contribution in [0, 0.1) is 5.92 Å². The summed E-state index contributed by atoms with van der Waals surface area (Å²) >= 11 is 1.76. The van der Waals surface area contributed by atoms with Gasteiger partial charge < -0.3 is 10.6 Å². The molecule has 5 heteroatoms. The second kappa shape index (κ2) is 7.07. The summed E-state index contributed by atoms with van der Waals surface area (Å²) < 4.78 is 0. The molecule has 2 N–H and O–H groups in total. The molecule has 2 rings (SSSR count). The second-order valence-electron chi connectivity index (χ2n) is 5.61. The van der Waals surface area contributed by atoms with Gasteiger partial charge in [0.05, 0.1) is 5.39 Å². The predicted molar refractivity (Wildman–Crippen MR) is 93.5 cm³/mol. The van der Waals surface area contributed by atoms with Gasteiger partial charge in [0.1, 0.15) is 10.6 Å². The van der Waals surface area contributed by atoms with Gasteiger partial charge in [-0.25, -0.2) is 4.98 Å². The van der Waals surface area contributed by atoms with Crippen LogP contribution in [0.1, 0.15) is 45.9 Å². The van der Waals surface area contributed by atoms with E-state index in [-0.39, 0.29) is 0 Å². The molecule has 0 aliphatic carbocycles. The van der Waals surface area contributed by atoms with Gasteiger partial charge in [0.2, 0.25) is 5.95 Å². The quantitative estimate of drug-likeness (QED) is 0.789. The van der Waals surface area contributed by atoms with Gasteiger partial charge in [-0.05, 0) is 31.7 Å². The van der Waals surface area contributed by atoms with E-state index in [1.54, 1.807) is 11.3 Å². The summed E-state index contributed by atoms with van der Waals surface area (Å²) in [6.07, 6.45) is 2.13. The number of hydrogen-bond acceptors (Lipinski definition) is 5. The van der Waals surface area contributed by atoms with Gasteiger partial charge in [-0.2, -0.15) is 4.98 Å². The normalized spacial score (nSPS) is 12.9. The van der Waals surface area contributed by atoms with Crippen LogP contribution >= 0.6 is 11.3 Å². The Labute approximate surface area is 131 Å². The minimum absolute atomic E-state index is 0.433. The van der Waals surface area contributed by atoms with E-state index in [2.05, 4.69) is 61.3 Å². The summed E-state index contributed by atoms with van der Waals surface area (Å²) in [7, 11) is 0. The van der Waals surface area contributed by atoms with Gasteiger partial charge in [0.25, 0.3) is 0 Å². The van der Waals surface area contributed by atoms with E-state index in [0.717, 1.165) is 41.4 Å². The number of rotatable bonds is 7. The molecule has 0 aliphatic heterocycles. The highest BCUT2D eigenvalue weighted by Crippen LogP contribution is 2.31. The fourth-order valence-corrected chi connectivity index (χ4v) is 3.38. The molecular weight excluding hydrogens is 280 g/mol. The molecule has 0 radical (unpaired) electrons. The molecule has 0 spiro atoms. The van der Waals surface area contributed by atoms with Crippen LogP contribution in [0.2, 0.25) is 0 Å². The third kappa shape index (κ3) is 3.64. The zero-order valence-corrected chi connectivity index (χ0v) is 14.5. The van der Waals surface area contributed by atoms with Crippen LogP contribution in [0.3, 0.4) is 0 Å². The van der Waals surface area contributed by atoms with Crippen LogP contribution in [0.4, 0.5) is 11.8 Å². The van der Waals surface area contributed by atoms with E-state index in [0.29, 0.717) is 12.0 Å². The van der Waals surface area contributed by atoms with Crippen LogP contribution in [-0.4, -0.2) is 22.6 Å². The molecule has 2 heterocycles. The lowest BCUT2D eigenvalue weighted by Gasteiger charge is -2.22. The van der Waals surface area contributed by atoms with Crippen molar-refractivity contribution in [3.8, 4) is 0 Å². The summed E-state index contributed by atoms with van der Waals surface area (Å²) in [6, 6.07) is 2.66. The highest BCUT2D eigenvalue weighted by Gasteiger charge is 2.16. The number of thiophene rings is 1. The Morgan fingerprint density at radius 3 is 2.52 bits per heavy atom. The van der Waals surface area contributed by atoms with Crippen molar-refractivity contribution in [1.29, 1.82) is 0 Å². The van der Waals surface area contributed by atoms with Crippen LogP contribution < -0.4 is 10.6 Å². The molecule has 0 saturated heterocycles. The van der Waals surface area contributed by atoms with Crippen LogP contribution in [0.5, 0.6) is 0 Å². The van der Waals surface area contributed by atoms with Crippen molar-refractivity contribution in [2.75, 3.05) is 17.2 Å². The molecule has 1 atom stereocenters. The topological polar surface area (TPSA) is 49.8 Å². The summed E-state index contributed by atoms with van der Waals surface area (Å²) in [4.78, 5) is 11.7. The third-order valence-electron chi connectivity index (χ3n) is 3.69. The van der Waals surface area contributed by atoms with E-state index in [1.807, 2.05) is 0 Å². The van der Waals surface area contributed by atoms with Crippen molar-refractivity contribution in [1.82, 2.24) is 9.97 Å². The van der Waals surface area contributed by atoms with Crippen LogP contribution in [0.15, 0.2) is 6.07 Å². The Balaban J connectivity index is 2.45. The van der Waals surface area contributed by atoms with Crippen molar-refractivity contribution in [3.05, 3.63) is 10.9 Å². The van der Waals surface area contributed by atoms with Crippen molar-refractivity contribution < 1.29 is 0 Å². The molecule has 116 valence electrons. The summed E-state index contributed by atoms with van der Waals surface area (Å²) in [5.74, 6) is 2.26. The standard InChI is InChI=1S/C16H26N4S/c1-6-11-9-12-14(18-13(7-2)10(4)5)19-16(17-8-3)20-15(12)21-11/h9-10,13H,6-8H2,1-5H3,(H2,17,18,19,20). The van der Waals surface area contributed by atoms with Crippen molar-refractivity contribution in [2.45, 2.75) is 53.5 Å². The first-order chi connectivity index (χ1) is 10.1. The van der Waals surface area contributed by atoms with E-state index < -0.39 is 0 Å². The number of aromatic nitrogens is 2. The monoisotopic (exact) mass is 306 g/mol. The minimum Gasteiger partial charge on any atom is -0.366 e. The molecule has 0 amide bonds. The smallest absolute Gasteiger partial charge is 0.226 e. The molecule has 0 aliphatic rings. The Hall–Kier alpha value is -1.36. The van der Waals surface area contributed by atoms with Crippen LogP contribution in [0.25, 0.3) is 10.2 Å². The first kappa shape index (κ1) is 16.0. The Kier molecular flexibility index (Phi) is 5.39.